The van der Waals surface area contributed by atoms with Gasteiger partial charge in [0.1, 0.15) is 0 Å². The lowest BCUT2D eigenvalue weighted by Gasteiger charge is -2.25. The molecule has 0 aliphatic rings. The lowest BCUT2D eigenvalue weighted by molar-refractivity contribution is -0.153. The van der Waals surface area contributed by atoms with E-state index in [1.165, 1.54) is 0 Å². The van der Waals surface area contributed by atoms with Crippen molar-refractivity contribution in [3.8, 4) is 0 Å². The fourth-order valence-electron chi connectivity index (χ4n) is 2.71. The fourth-order valence-corrected chi connectivity index (χ4v) is 2.71. The van der Waals surface area contributed by atoms with Crippen LogP contribution in [0, 0.1) is 0 Å². The highest BCUT2D eigenvalue weighted by Gasteiger charge is 2.38. The third-order valence-corrected chi connectivity index (χ3v) is 3.73. The quantitative estimate of drug-likeness (QED) is 0.728. The van der Waals surface area contributed by atoms with Gasteiger partial charge in [0.05, 0.1) is 25.0 Å². The number of carbonyl (C=O) groups is 2. The summed E-state index contributed by atoms with van der Waals surface area (Å²) in [6, 6.07) is 18.4. The van der Waals surface area contributed by atoms with Gasteiger partial charge >= 0.3 is 11.9 Å². The van der Waals surface area contributed by atoms with Crippen LogP contribution >= 0.6 is 0 Å². The molecule has 0 spiro atoms. The molecule has 2 atom stereocenters. The molecule has 0 aromatic heterocycles. The lowest BCUT2D eigenvalue weighted by Crippen LogP contribution is -2.29. The Kier molecular flexibility index (Phi) is 6.55. The molecule has 0 bridgehead atoms. The van der Waals surface area contributed by atoms with Crippen molar-refractivity contribution >= 4 is 11.9 Å². The fraction of sp³-hybridized carbons (Fsp3) is 0.300. The van der Waals surface area contributed by atoms with E-state index in [0.717, 1.165) is 11.1 Å². The SMILES string of the molecule is CCOC(=O)C(c1ccccc1)C(C(=O)OCC)c1ccccc1. The Bertz CT molecular complexity index is 592. The largest absolute Gasteiger partial charge is 0.465 e. The van der Waals surface area contributed by atoms with Crippen LogP contribution in [0.25, 0.3) is 0 Å². The van der Waals surface area contributed by atoms with E-state index in [4.69, 9.17) is 9.47 Å². The smallest absolute Gasteiger partial charge is 0.314 e. The zero-order valence-electron chi connectivity index (χ0n) is 14.0. The van der Waals surface area contributed by atoms with E-state index in [9.17, 15) is 9.59 Å². The van der Waals surface area contributed by atoms with Gasteiger partial charge in [-0.2, -0.15) is 0 Å². The average Bonchev–Trinajstić information content (AvgIpc) is 2.61. The van der Waals surface area contributed by atoms with Crippen molar-refractivity contribution in [3.05, 3.63) is 71.8 Å². The van der Waals surface area contributed by atoms with Crippen molar-refractivity contribution in [2.75, 3.05) is 13.2 Å². The molecule has 0 aliphatic carbocycles. The molecular formula is C20H22O4. The highest BCUT2D eigenvalue weighted by atomic mass is 16.5. The Morgan fingerprint density at radius 3 is 1.33 bits per heavy atom. The third-order valence-electron chi connectivity index (χ3n) is 3.73. The van der Waals surface area contributed by atoms with E-state index in [1.54, 1.807) is 13.8 Å². The predicted octanol–water partition coefficient (Wildman–Crippen LogP) is 3.68. The molecule has 0 saturated carbocycles. The Balaban J connectivity index is 2.51. The molecule has 0 N–H and O–H groups in total. The molecule has 4 heteroatoms. The number of hydrogen-bond acceptors (Lipinski definition) is 4. The van der Waals surface area contributed by atoms with Gasteiger partial charge in [-0.05, 0) is 25.0 Å². The van der Waals surface area contributed by atoms with Crippen LogP contribution in [0.5, 0.6) is 0 Å². The second-order valence-electron chi connectivity index (χ2n) is 5.28. The molecule has 4 nitrogen and oxygen atoms in total. The number of esters is 2. The summed E-state index contributed by atoms with van der Waals surface area (Å²) in [5.41, 5.74) is 1.47. The first-order chi connectivity index (χ1) is 11.7. The maximum Gasteiger partial charge on any atom is 0.314 e. The molecule has 2 aromatic rings. The number of rotatable bonds is 7. The molecule has 0 amide bonds. The molecule has 0 aliphatic heterocycles. The van der Waals surface area contributed by atoms with Crippen LogP contribution in [-0.2, 0) is 19.1 Å². The Labute approximate surface area is 142 Å². The van der Waals surface area contributed by atoms with Crippen LogP contribution in [0.15, 0.2) is 60.7 Å². The molecule has 2 aromatic carbocycles. The number of hydrogen-bond donors (Lipinski definition) is 0. The van der Waals surface area contributed by atoms with Gasteiger partial charge in [-0.1, -0.05) is 60.7 Å². The van der Waals surface area contributed by atoms with Crippen LogP contribution in [-0.4, -0.2) is 25.2 Å². The molecule has 24 heavy (non-hydrogen) atoms. The Morgan fingerprint density at radius 2 is 1.04 bits per heavy atom. The minimum atomic E-state index is -0.743. The molecule has 0 fully saturated rings. The van der Waals surface area contributed by atoms with E-state index in [-0.39, 0.29) is 13.2 Å². The van der Waals surface area contributed by atoms with Gasteiger partial charge in [0.2, 0.25) is 0 Å². The first kappa shape index (κ1) is 17.7. The van der Waals surface area contributed by atoms with Crippen LogP contribution in [0.2, 0.25) is 0 Å². The summed E-state index contributed by atoms with van der Waals surface area (Å²) in [5.74, 6) is -2.34. The minimum absolute atomic E-state index is 0.256. The summed E-state index contributed by atoms with van der Waals surface area (Å²) in [4.78, 5) is 25.3. The summed E-state index contributed by atoms with van der Waals surface area (Å²) in [6.45, 7) is 4.02. The van der Waals surface area contributed by atoms with Crippen molar-refractivity contribution in [1.82, 2.24) is 0 Å². The van der Waals surface area contributed by atoms with Gasteiger partial charge in [-0.3, -0.25) is 9.59 Å². The maximum atomic E-state index is 12.6. The molecule has 0 heterocycles. The normalized spacial score (nSPS) is 12.9. The Morgan fingerprint density at radius 1 is 0.708 bits per heavy atom. The molecule has 126 valence electrons. The highest BCUT2D eigenvalue weighted by Crippen LogP contribution is 2.35. The molecular weight excluding hydrogens is 304 g/mol. The topological polar surface area (TPSA) is 52.6 Å². The van der Waals surface area contributed by atoms with Gasteiger partial charge in [-0.25, -0.2) is 0 Å². The van der Waals surface area contributed by atoms with Gasteiger partial charge in [0.15, 0.2) is 0 Å². The van der Waals surface area contributed by atoms with Crippen molar-refractivity contribution in [2.45, 2.75) is 25.7 Å². The summed E-state index contributed by atoms with van der Waals surface area (Å²) < 4.78 is 10.5. The number of carbonyl (C=O) groups excluding carboxylic acids is 2. The first-order valence-corrected chi connectivity index (χ1v) is 8.12. The van der Waals surface area contributed by atoms with E-state index in [1.807, 2.05) is 60.7 Å². The number of ether oxygens (including phenoxy) is 2. The molecule has 2 rings (SSSR count). The van der Waals surface area contributed by atoms with Crippen molar-refractivity contribution in [3.63, 3.8) is 0 Å². The van der Waals surface area contributed by atoms with Gasteiger partial charge < -0.3 is 9.47 Å². The van der Waals surface area contributed by atoms with Crippen LogP contribution in [0.3, 0.4) is 0 Å². The Hall–Kier alpha value is -2.62. The minimum Gasteiger partial charge on any atom is -0.465 e. The van der Waals surface area contributed by atoms with Gasteiger partial charge in [0, 0.05) is 0 Å². The molecule has 0 radical (unpaired) electrons. The second-order valence-corrected chi connectivity index (χ2v) is 5.28. The van der Waals surface area contributed by atoms with Crippen molar-refractivity contribution in [2.24, 2.45) is 0 Å². The molecule has 2 unspecified atom stereocenters. The monoisotopic (exact) mass is 326 g/mol. The van der Waals surface area contributed by atoms with Crippen molar-refractivity contribution in [1.29, 1.82) is 0 Å². The van der Waals surface area contributed by atoms with E-state index in [0.29, 0.717) is 0 Å². The number of benzene rings is 2. The second kappa shape index (κ2) is 8.87. The van der Waals surface area contributed by atoms with E-state index >= 15 is 0 Å². The highest BCUT2D eigenvalue weighted by molar-refractivity contribution is 5.90. The standard InChI is InChI=1S/C20H22O4/c1-3-23-19(21)17(15-11-7-5-8-12-15)18(20(22)24-4-2)16-13-9-6-10-14-16/h5-14,17-18H,3-4H2,1-2H3. The van der Waals surface area contributed by atoms with E-state index in [2.05, 4.69) is 0 Å². The van der Waals surface area contributed by atoms with Crippen molar-refractivity contribution < 1.29 is 19.1 Å². The predicted molar refractivity (Wildman–Crippen MR) is 91.6 cm³/mol. The summed E-state index contributed by atoms with van der Waals surface area (Å²) in [6.07, 6.45) is 0. The summed E-state index contributed by atoms with van der Waals surface area (Å²) in [5, 5.41) is 0. The van der Waals surface area contributed by atoms with E-state index < -0.39 is 23.8 Å². The first-order valence-electron chi connectivity index (χ1n) is 8.12. The van der Waals surface area contributed by atoms with Crippen LogP contribution in [0.4, 0.5) is 0 Å². The zero-order valence-corrected chi connectivity index (χ0v) is 14.0. The molecule has 0 saturated heterocycles. The lowest BCUT2D eigenvalue weighted by atomic mass is 9.81. The summed E-state index contributed by atoms with van der Waals surface area (Å²) in [7, 11) is 0. The third kappa shape index (κ3) is 4.22. The maximum absolute atomic E-state index is 12.6. The van der Waals surface area contributed by atoms with Crippen LogP contribution in [0.1, 0.15) is 36.8 Å². The van der Waals surface area contributed by atoms with Gasteiger partial charge in [0.25, 0.3) is 0 Å². The average molecular weight is 326 g/mol. The van der Waals surface area contributed by atoms with Crippen LogP contribution < -0.4 is 0 Å². The van der Waals surface area contributed by atoms with Gasteiger partial charge in [-0.15, -0.1) is 0 Å². The zero-order chi connectivity index (χ0) is 17.4. The summed E-state index contributed by atoms with van der Waals surface area (Å²) >= 11 is 0.